The topological polar surface area (TPSA) is 48.0 Å². The molecule has 0 saturated carbocycles. The van der Waals surface area contributed by atoms with Crippen molar-refractivity contribution in [3.63, 3.8) is 0 Å². The van der Waals surface area contributed by atoms with Crippen LogP contribution in [0.25, 0.3) is 11.1 Å². The van der Waals surface area contributed by atoms with E-state index in [4.69, 9.17) is 14.2 Å². The smallest absolute Gasteiger partial charge is 0.415 e. The average Bonchev–Trinajstić information content (AvgIpc) is 3.41. The Bertz CT molecular complexity index is 1550. The zero-order valence-electron chi connectivity index (χ0n) is 22.0. The second-order valence-electron chi connectivity index (χ2n) is 9.62. The van der Waals surface area contributed by atoms with Crippen LogP contribution in [0.15, 0.2) is 133 Å². The first kappa shape index (κ1) is 25.3. The van der Waals surface area contributed by atoms with Crippen LogP contribution in [-0.2, 0) is 18.0 Å². The van der Waals surface area contributed by atoms with Gasteiger partial charge in [0.15, 0.2) is 0 Å². The van der Waals surface area contributed by atoms with Gasteiger partial charge in [0.25, 0.3) is 0 Å². The van der Waals surface area contributed by atoms with Gasteiger partial charge in [-0.05, 0) is 46.5 Å². The lowest BCUT2D eigenvalue weighted by atomic mass is 10.0. The maximum Gasteiger partial charge on any atom is 0.415 e. The average molecular weight is 528 g/mol. The molecule has 1 saturated heterocycles. The van der Waals surface area contributed by atoms with Crippen molar-refractivity contribution in [2.45, 2.75) is 19.3 Å². The number of hydrogen-bond donors (Lipinski definition) is 0. The van der Waals surface area contributed by atoms with E-state index in [0.717, 1.165) is 33.5 Å². The standard InChI is InChI=1S/C35H29NO4/c37-35-36(30-18-16-29(17-19-30)28-14-8-3-9-15-28)33(25-40-35)32-21-20-31(38-23-26-10-4-1-5-11-26)22-34(32)39-24-27-12-6-2-7-13-27/h1-22,33H,23-25H2. The molecule has 1 heterocycles. The predicted molar refractivity (Wildman–Crippen MR) is 156 cm³/mol. The van der Waals surface area contributed by atoms with E-state index in [0.29, 0.717) is 24.7 Å². The van der Waals surface area contributed by atoms with Crippen LogP contribution < -0.4 is 14.4 Å². The van der Waals surface area contributed by atoms with Gasteiger partial charge in [-0.3, -0.25) is 4.90 Å². The van der Waals surface area contributed by atoms with Crippen LogP contribution in [0.2, 0.25) is 0 Å². The molecule has 6 rings (SSSR count). The molecule has 1 amide bonds. The minimum absolute atomic E-state index is 0.227. The van der Waals surface area contributed by atoms with Crippen molar-refractivity contribution in [3.8, 4) is 22.6 Å². The number of cyclic esters (lactones) is 1. The summed E-state index contributed by atoms with van der Waals surface area (Å²) in [5, 5.41) is 0. The lowest BCUT2D eigenvalue weighted by Gasteiger charge is -2.24. The second kappa shape index (κ2) is 11.8. The summed E-state index contributed by atoms with van der Waals surface area (Å²) in [6.07, 6.45) is -0.379. The SMILES string of the molecule is O=C1OCC(c2ccc(OCc3ccccc3)cc2OCc2ccccc2)N1c1ccc(-c2ccccc2)cc1. The molecule has 0 radical (unpaired) electrons. The fourth-order valence-corrected chi connectivity index (χ4v) is 4.86. The van der Waals surface area contributed by atoms with E-state index in [-0.39, 0.29) is 18.7 Å². The molecule has 1 unspecified atom stereocenters. The number of hydrogen-bond acceptors (Lipinski definition) is 4. The minimum Gasteiger partial charge on any atom is -0.489 e. The molecule has 1 atom stereocenters. The van der Waals surface area contributed by atoms with Crippen LogP contribution in [0.4, 0.5) is 10.5 Å². The van der Waals surface area contributed by atoms with Gasteiger partial charge in [0.1, 0.15) is 37.4 Å². The predicted octanol–water partition coefficient (Wildman–Crippen LogP) is 8.21. The van der Waals surface area contributed by atoms with Crippen LogP contribution in [0.1, 0.15) is 22.7 Å². The highest BCUT2D eigenvalue weighted by Crippen LogP contribution is 2.39. The summed E-state index contributed by atoms with van der Waals surface area (Å²) in [4.78, 5) is 14.7. The summed E-state index contributed by atoms with van der Waals surface area (Å²) in [6, 6.07) is 43.7. The van der Waals surface area contributed by atoms with Crippen molar-refractivity contribution in [2.75, 3.05) is 11.5 Å². The minimum atomic E-state index is -0.379. The van der Waals surface area contributed by atoms with Crippen molar-refractivity contribution in [3.05, 3.63) is 150 Å². The number of carbonyl (C=O) groups excluding carboxylic acids is 1. The molecule has 0 N–H and O–H groups in total. The largest absolute Gasteiger partial charge is 0.489 e. The lowest BCUT2D eigenvalue weighted by molar-refractivity contribution is 0.178. The molecule has 40 heavy (non-hydrogen) atoms. The highest BCUT2D eigenvalue weighted by atomic mass is 16.6. The van der Waals surface area contributed by atoms with Crippen LogP contribution in [0, 0.1) is 0 Å². The number of anilines is 1. The molecular formula is C35H29NO4. The summed E-state index contributed by atoms with van der Waals surface area (Å²) in [5.41, 5.74) is 5.97. The van der Waals surface area contributed by atoms with Gasteiger partial charge in [0.2, 0.25) is 0 Å². The number of carbonyl (C=O) groups is 1. The van der Waals surface area contributed by atoms with E-state index in [1.54, 1.807) is 4.90 Å². The molecule has 1 aliphatic heterocycles. The number of amides is 1. The van der Waals surface area contributed by atoms with Crippen LogP contribution in [0.3, 0.4) is 0 Å². The molecule has 0 aliphatic carbocycles. The Morgan fingerprint density at radius 3 is 1.88 bits per heavy atom. The van der Waals surface area contributed by atoms with Crippen molar-refractivity contribution >= 4 is 11.8 Å². The fraction of sp³-hybridized carbons (Fsp3) is 0.114. The molecule has 5 aromatic rings. The van der Waals surface area contributed by atoms with Gasteiger partial charge in [-0.1, -0.05) is 103 Å². The second-order valence-corrected chi connectivity index (χ2v) is 9.62. The monoisotopic (exact) mass is 527 g/mol. The highest BCUT2D eigenvalue weighted by Gasteiger charge is 2.37. The van der Waals surface area contributed by atoms with E-state index in [1.807, 2.05) is 121 Å². The van der Waals surface area contributed by atoms with E-state index in [9.17, 15) is 4.79 Å². The molecule has 0 bridgehead atoms. The molecule has 5 heteroatoms. The lowest BCUT2D eigenvalue weighted by Crippen LogP contribution is -2.27. The maximum atomic E-state index is 13.0. The van der Waals surface area contributed by atoms with Gasteiger partial charge >= 0.3 is 6.09 Å². The van der Waals surface area contributed by atoms with E-state index < -0.39 is 0 Å². The summed E-state index contributed by atoms with van der Waals surface area (Å²) >= 11 is 0. The number of ether oxygens (including phenoxy) is 3. The zero-order valence-corrected chi connectivity index (χ0v) is 22.0. The van der Waals surface area contributed by atoms with E-state index in [1.165, 1.54) is 0 Å². The number of rotatable bonds is 9. The normalized spacial score (nSPS) is 14.6. The van der Waals surface area contributed by atoms with Gasteiger partial charge in [-0.2, -0.15) is 0 Å². The molecule has 0 spiro atoms. The van der Waals surface area contributed by atoms with Crippen LogP contribution in [0.5, 0.6) is 11.5 Å². The third-order valence-electron chi connectivity index (χ3n) is 6.96. The Hall–Kier alpha value is -5.03. The zero-order chi connectivity index (χ0) is 27.1. The molecule has 5 aromatic carbocycles. The number of nitrogens with zero attached hydrogens (tertiary/aromatic N) is 1. The third-order valence-corrected chi connectivity index (χ3v) is 6.96. The Labute approximate surface area is 234 Å². The summed E-state index contributed by atoms with van der Waals surface area (Å²) < 4.78 is 18.0. The summed E-state index contributed by atoms with van der Waals surface area (Å²) in [5.74, 6) is 1.35. The fourth-order valence-electron chi connectivity index (χ4n) is 4.86. The molecule has 1 aliphatic rings. The van der Waals surface area contributed by atoms with Crippen molar-refractivity contribution in [1.82, 2.24) is 0 Å². The Balaban J connectivity index is 1.29. The van der Waals surface area contributed by atoms with Gasteiger partial charge < -0.3 is 14.2 Å². The Kier molecular flexibility index (Phi) is 7.44. The van der Waals surface area contributed by atoms with Gasteiger partial charge in [0, 0.05) is 17.3 Å². The summed E-state index contributed by atoms with van der Waals surface area (Å²) in [7, 11) is 0. The highest BCUT2D eigenvalue weighted by molar-refractivity contribution is 5.91. The van der Waals surface area contributed by atoms with Crippen LogP contribution in [-0.4, -0.2) is 12.7 Å². The first-order valence-corrected chi connectivity index (χ1v) is 13.3. The van der Waals surface area contributed by atoms with Crippen molar-refractivity contribution < 1.29 is 19.0 Å². The molecule has 5 nitrogen and oxygen atoms in total. The molecular weight excluding hydrogens is 498 g/mol. The third kappa shape index (κ3) is 5.69. The Morgan fingerprint density at radius 2 is 1.23 bits per heavy atom. The first-order valence-electron chi connectivity index (χ1n) is 13.3. The van der Waals surface area contributed by atoms with Crippen LogP contribution >= 0.6 is 0 Å². The molecule has 0 aromatic heterocycles. The van der Waals surface area contributed by atoms with Crippen molar-refractivity contribution in [2.24, 2.45) is 0 Å². The quantitative estimate of drug-likeness (QED) is 0.194. The van der Waals surface area contributed by atoms with Gasteiger partial charge in [-0.15, -0.1) is 0 Å². The van der Waals surface area contributed by atoms with E-state index in [2.05, 4.69) is 12.1 Å². The van der Waals surface area contributed by atoms with Gasteiger partial charge in [0.05, 0.1) is 0 Å². The molecule has 198 valence electrons. The first-order chi connectivity index (χ1) is 19.7. The summed E-state index contributed by atoms with van der Waals surface area (Å²) in [6.45, 7) is 1.07. The van der Waals surface area contributed by atoms with E-state index >= 15 is 0 Å². The van der Waals surface area contributed by atoms with Crippen molar-refractivity contribution in [1.29, 1.82) is 0 Å². The Morgan fingerprint density at radius 1 is 0.650 bits per heavy atom. The maximum absolute atomic E-state index is 13.0. The van der Waals surface area contributed by atoms with Gasteiger partial charge in [-0.25, -0.2) is 4.79 Å². The molecule has 1 fully saturated rings. The number of benzene rings is 5.